The fraction of sp³-hybridized carbons (Fsp3) is 0.400. The van der Waals surface area contributed by atoms with Gasteiger partial charge >= 0.3 is 5.51 Å². The van der Waals surface area contributed by atoms with E-state index in [0.29, 0.717) is 0 Å². The Labute approximate surface area is 136 Å². The second-order valence-corrected chi connectivity index (χ2v) is 7.96. The largest absolute Gasteiger partial charge is 0.501 e. The number of rotatable bonds is 3. The number of sulfone groups is 1. The highest BCUT2D eigenvalue weighted by atomic mass is 32.2. The molecule has 0 radical (unpaired) electrons. The van der Waals surface area contributed by atoms with Crippen molar-refractivity contribution in [3.63, 3.8) is 0 Å². The maximum atomic E-state index is 12.6. The molecule has 4 atom stereocenters. The Kier molecular flexibility index (Phi) is 3.95. The second-order valence-electron chi connectivity index (χ2n) is 6.02. The van der Waals surface area contributed by atoms with Gasteiger partial charge in [-0.15, -0.1) is 0 Å². The van der Waals surface area contributed by atoms with Crippen molar-refractivity contribution in [1.82, 2.24) is 0 Å². The van der Waals surface area contributed by atoms with Crippen LogP contribution in [0.1, 0.15) is 6.42 Å². The van der Waals surface area contributed by atoms with Crippen molar-refractivity contribution in [3.05, 3.63) is 36.4 Å². The lowest BCUT2D eigenvalue weighted by Gasteiger charge is -2.23. The first-order valence-corrected chi connectivity index (χ1v) is 8.76. The lowest BCUT2D eigenvalue weighted by atomic mass is 9.88. The first-order valence-electron chi connectivity index (χ1n) is 7.27. The van der Waals surface area contributed by atoms with Crippen LogP contribution in [0.4, 0.5) is 18.9 Å². The molecule has 3 rings (SSSR count). The van der Waals surface area contributed by atoms with Gasteiger partial charge in [0.1, 0.15) is 0 Å². The summed E-state index contributed by atoms with van der Waals surface area (Å²) in [5.74, 6) is -0.751. The van der Waals surface area contributed by atoms with Gasteiger partial charge in [-0.25, -0.2) is 8.42 Å². The molecule has 2 aliphatic rings. The fourth-order valence-corrected chi connectivity index (χ4v) is 4.14. The number of allylic oxidation sites excluding steroid dienone is 1. The molecule has 5 nitrogen and oxygen atoms in total. The summed E-state index contributed by atoms with van der Waals surface area (Å²) in [5.41, 5.74) is 0.613. The van der Waals surface area contributed by atoms with Gasteiger partial charge in [0, 0.05) is 11.7 Å². The number of anilines is 1. The molecular formula is C15H15F3N2O3S. The molecule has 24 heavy (non-hydrogen) atoms. The molecular weight excluding hydrogens is 345 g/mol. The van der Waals surface area contributed by atoms with Gasteiger partial charge in [-0.05, 0) is 36.5 Å². The summed E-state index contributed by atoms with van der Waals surface area (Å²) in [5, 5.41) is 2.48. The number of carbonyl (C=O) groups excluding carboxylic acids is 1. The number of nitrogens with one attached hydrogen (secondary N) is 1. The number of benzene rings is 1. The summed E-state index contributed by atoms with van der Waals surface area (Å²) in [6.07, 6.45) is 4.67. The minimum absolute atomic E-state index is 0.00657. The monoisotopic (exact) mass is 360 g/mol. The van der Waals surface area contributed by atoms with Crippen LogP contribution in [0.15, 0.2) is 41.3 Å². The number of amides is 1. The summed E-state index contributed by atoms with van der Waals surface area (Å²) in [6, 6.07) is 3.78. The molecule has 2 bridgehead atoms. The molecule has 9 heteroatoms. The Morgan fingerprint density at radius 2 is 1.88 bits per heavy atom. The molecule has 130 valence electrons. The number of halogens is 3. The normalized spacial score (nSPS) is 29.0. The SMILES string of the molecule is N[C@H]1[C@@H](C(=O)Nc2cccc(S(=O)(=O)C(F)(F)F)c2)[C@@H]2C=C[C@H]1C2. The fourth-order valence-electron chi connectivity index (χ4n) is 3.33. The van der Waals surface area contributed by atoms with Gasteiger partial charge in [-0.1, -0.05) is 18.2 Å². The summed E-state index contributed by atoms with van der Waals surface area (Å²) in [4.78, 5) is 11.5. The van der Waals surface area contributed by atoms with E-state index >= 15 is 0 Å². The second kappa shape index (κ2) is 5.59. The van der Waals surface area contributed by atoms with E-state index in [-0.39, 0.29) is 23.6 Å². The van der Waals surface area contributed by atoms with E-state index in [9.17, 15) is 26.4 Å². The highest BCUT2D eigenvalue weighted by Crippen LogP contribution is 2.43. The van der Waals surface area contributed by atoms with Crippen molar-refractivity contribution < 1.29 is 26.4 Å². The topological polar surface area (TPSA) is 89.3 Å². The average molecular weight is 360 g/mol. The van der Waals surface area contributed by atoms with E-state index in [4.69, 9.17) is 5.73 Å². The summed E-state index contributed by atoms with van der Waals surface area (Å²) >= 11 is 0. The van der Waals surface area contributed by atoms with Crippen LogP contribution in [-0.4, -0.2) is 25.9 Å². The first-order chi connectivity index (χ1) is 11.1. The van der Waals surface area contributed by atoms with E-state index in [0.717, 1.165) is 24.6 Å². The van der Waals surface area contributed by atoms with Crippen molar-refractivity contribution in [1.29, 1.82) is 0 Å². The number of hydrogen-bond donors (Lipinski definition) is 2. The molecule has 1 saturated carbocycles. The molecule has 0 unspecified atom stereocenters. The standard InChI is InChI=1S/C15H15F3N2O3S/c16-15(17,18)24(22,23)11-3-1-2-10(7-11)20-14(21)12-8-4-5-9(6-8)13(12)19/h1-5,7-9,12-13H,6,19H2,(H,20,21)/t8-,9+,12+,13-/m1/s1. The third kappa shape index (κ3) is 2.71. The molecule has 3 N–H and O–H groups in total. The predicted octanol–water partition coefficient (Wildman–Crippen LogP) is 2.07. The zero-order chi connectivity index (χ0) is 17.7. The Morgan fingerprint density at radius 3 is 2.46 bits per heavy atom. The maximum absolute atomic E-state index is 12.6. The van der Waals surface area contributed by atoms with Crippen molar-refractivity contribution in [2.75, 3.05) is 5.32 Å². The quantitative estimate of drug-likeness (QED) is 0.808. The Balaban J connectivity index is 1.81. The van der Waals surface area contributed by atoms with Crippen molar-refractivity contribution in [3.8, 4) is 0 Å². The van der Waals surface area contributed by atoms with Crippen molar-refractivity contribution >= 4 is 21.4 Å². The molecule has 0 spiro atoms. The zero-order valence-corrected chi connectivity index (χ0v) is 13.1. The number of carbonyl (C=O) groups is 1. The van der Waals surface area contributed by atoms with Crippen LogP contribution in [0.25, 0.3) is 0 Å². The van der Waals surface area contributed by atoms with Crippen LogP contribution >= 0.6 is 0 Å². The van der Waals surface area contributed by atoms with Crippen LogP contribution < -0.4 is 11.1 Å². The van der Waals surface area contributed by atoms with E-state index in [1.165, 1.54) is 6.07 Å². The van der Waals surface area contributed by atoms with Gasteiger partial charge < -0.3 is 11.1 Å². The first kappa shape index (κ1) is 17.0. The molecule has 1 amide bonds. The maximum Gasteiger partial charge on any atom is 0.501 e. The number of alkyl halides is 3. The highest BCUT2D eigenvalue weighted by molar-refractivity contribution is 7.92. The third-order valence-electron chi connectivity index (χ3n) is 4.54. The molecule has 0 aliphatic heterocycles. The molecule has 1 aromatic carbocycles. The van der Waals surface area contributed by atoms with Crippen molar-refractivity contribution in [2.24, 2.45) is 23.5 Å². The third-order valence-corrected chi connectivity index (χ3v) is 6.02. The van der Waals surface area contributed by atoms with Crippen LogP contribution in [0.2, 0.25) is 0 Å². The smallest absolute Gasteiger partial charge is 0.326 e. The number of nitrogens with two attached hydrogens (primary N) is 1. The zero-order valence-electron chi connectivity index (χ0n) is 12.3. The highest BCUT2D eigenvalue weighted by Gasteiger charge is 2.48. The van der Waals surface area contributed by atoms with E-state index < -0.39 is 32.1 Å². The van der Waals surface area contributed by atoms with E-state index in [1.54, 1.807) is 0 Å². The van der Waals surface area contributed by atoms with Gasteiger partial charge in [0.15, 0.2) is 0 Å². The van der Waals surface area contributed by atoms with Gasteiger partial charge in [-0.3, -0.25) is 4.79 Å². The van der Waals surface area contributed by atoms with Crippen LogP contribution in [0.3, 0.4) is 0 Å². The predicted molar refractivity (Wildman–Crippen MR) is 80.5 cm³/mol. The van der Waals surface area contributed by atoms with E-state index in [1.807, 2.05) is 12.2 Å². The lowest BCUT2D eigenvalue weighted by Crippen LogP contribution is -2.41. The summed E-state index contributed by atoms with van der Waals surface area (Å²) in [6.45, 7) is 0. The number of fused-ring (bicyclic) bond motifs is 2. The van der Waals surface area contributed by atoms with E-state index in [2.05, 4.69) is 5.32 Å². The Bertz CT molecular complexity index is 804. The molecule has 0 heterocycles. The summed E-state index contributed by atoms with van der Waals surface area (Å²) < 4.78 is 60.7. The minimum Gasteiger partial charge on any atom is -0.326 e. The molecule has 0 saturated heterocycles. The Morgan fingerprint density at radius 1 is 1.21 bits per heavy atom. The summed E-state index contributed by atoms with van der Waals surface area (Å²) in [7, 11) is -5.46. The molecule has 2 aliphatic carbocycles. The molecule has 1 fully saturated rings. The number of hydrogen-bond acceptors (Lipinski definition) is 4. The molecule has 0 aromatic heterocycles. The van der Waals surface area contributed by atoms with Gasteiger partial charge in [-0.2, -0.15) is 13.2 Å². The van der Waals surface area contributed by atoms with Crippen LogP contribution in [-0.2, 0) is 14.6 Å². The van der Waals surface area contributed by atoms with Gasteiger partial charge in [0.05, 0.1) is 10.8 Å². The Hall–Kier alpha value is -1.87. The minimum atomic E-state index is -5.46. The van der Waals surface area contributed by atoms with Crippen LogP contribution in [0, 0.1) is 17.8 Å². The van der Waals surface area contributed by atoms with Crippen molar-refractivity contribution in [2.45, 2.75) is 22.9 Å². The van der Waals surface area contributed by atoms with Gasteiger partial charge in [0.2, 0.25) is 5.91 Å². The van der Waals surface area contributed by atoms with Gasteiger partial charge in [0.25, 0.3) is 9.84 Å². The lowest BCUT2D eigenvalue weighted by molar-refractivity contribution is -0.120. The average Bonchev–Trinajstić information content (AvgIpc) is 3.07. The molecule has 1 aromatic rings. The van der Waals surface area contributed by atoms with Crippen LogP contribution in [0.5, 0.6) is 0 Å².